The molecule has 0 saturated carbocycles. The Hall–Kier alpha value is -4.08. The third-order valence-electron chi connectivity index (χ3n) is 4.11. The highest BCUT2D eigenvalue weighted by Crippen LogP contribution is 2.43. The molecule has 0 aliphatic rings. The molecule has 0 amide bonds. The minimum Gasteiger partial charge on any atom is -0.258 e. The van der Waals surface area contributed by atoms with E-state index < -0.39 is 38.6 Å². The van der Waals surface area contributed by atoms with Gasteiger partial charge in [0.25, 0.3) is 0 Å². The number of nitrogens with zero attached hydrogens (tertiary/aromatic N) is 3. The smallest absolute Gasteiger partial charge is 0.258 e. The zero-order valence-electron chi connectivity index (χ0n) is 15.0. The van der Waals surface area contributed by atoms with Gasteiger partial charge >= 0.3 is 17.6 Å². The lowest BCUT2D eigenvalue weighted by atomic mass is 10.0. The van der Waals surface area contributed by atoms with Crippen LogP contribution in [0.4, 0.5) is 30.2 Å². The minimum absolute atomic E-state index is 0.141. The van der Waals surface area contributed by atoms with E-state index in [4.69, 9.17) is 0 Å². The molecule has 0 spiro atoms. The van der Waals surface area contributed by atoms with Crippen LogP contribution < -0.4 is 0 Å². The molecule has 0 heterocycles. The molecule has 3 aromatic rings. The maximum absolute atomic E-state index is 13.1. The minimum atomic E-state index is -5.00. The standard InChI is InChI=1S/C20H12F3N3O4/c21-20(22,23)15-11-16(25(27)28)19(17(12-15)26(29)30)24-18(13-7-3-1-4-8-13)14-9-5-2-6-10-14/h1-12H. The number of nitro groups is 2. The van der Waals surface area contributed by atoms with E-state index in [9.17, 15) is 33.4 Å². The van der Waals surface area contributed by atoms with Gasteiger partial charge in [-0.3, -0.25) is 20.2 Å². The van der Waals surface area contributed by atoms with Crippen molar-refractivity contribution in [2.45, 2.75) is 6.18 Å². The van der Waals surface area contributed by atoms with Gasteiger partial charge in [0.2, 0.25) is 5.69 Å². The van der Waals surface area contributed by atoms with Crippen molar-refractivity contribution in [1.29, 1.82) is 0 Å². The SMILES string of the molecule is O=[N+]([O-])c1cc(C(F)(F)F)cc([N+](=O)[O-])c1N=C(c1ccccc1)c1ccccc1. The van der Waals surface area contributed by atoms with E-state index in [1.165, 1.54) is 0 Å². The number of hydrogen-bond donors (Lipinski definition) is 0. The lowest BCUT2D eigenvalue weighted by molar-refractivity contribution is -0.392. The Morgan fingerprint density at radius 1 is 0.767 bits per heavy atom. The topological polar surface area (TPSA) is 98.6 Å². The normalized spacial score (nSPS) is 11.0. The zero-order valence-corrected chi connectivity index (χ0v) is 15.0. The first-order valence-corrected chi connectivity index (χ1v) is 8.42. The summed E-state index contributed by atoms with van der Waals surface area (Å²) in [5.41, 5.74) is -3.38. The average Bonchev–Trinajstić information content (AvgIpc) is 2.71. The molecule has 0 atom stereocenters. The lowest BCUT2D eigenvalue weighted by Crippen LogP contribution is -2.08. The van der Waals surface area contributed by atoms with Gasteiger partial charge < -0.3 is 0 Å². The summed E-state index contributed by atoms with van der Waals surface area (Å²) in [6.07, 6.45) is -5.00. The van der Waals surface area contributed by atoms with E-state index >= 15 is 0 Å². The van der Waals surface area contributed by atoms with Crippen molar-refractivity contribution in [2.24, 2.45) is 4.99 Å². The van der Waals surface area contributed by atoms with Gasteiger partial charge in [-0.05, 0) is 0 Å². The third kappa shape index (κ3) is 4.32. The number of alkyl halides is 3. The maximum Gasteiger partial charge on any atom is 0.416 e. The summed E-state index contributed by atoms with van der Waals surface area (Å²) in [4.78, 5) is 24.9. The van der Waals surface area contributed by atoms with E-state index in [2.05, 4.69) is 4.99 Å². The van der Waals surface area contributed by atoms with Crippen molar-refractivity contribution in [1.82, 2.24) is 0 Å². The van der Waals surface area contributed by atoms with Crippen LogP contribution in [0.25, 0.3) is 0 Å². The van der Waals surface area contributed by atoms with E-state index in [1.807, 2.05) is 0 Å². The van der Waals surface area contributed by atoms with Crippen LogP contribution in [0, 0.1) is 20.2 Å². The Bertz CT molecular complexity index is 1050. The molecule has 7 nitrogen and oxygen atoms in total. The van der Waals surface area contributed by atoms with Gasteiger partial charge in [-0.1, -0.05) is 60.7 Å². The highest BCUT2D eigenvalue weighted by atomic mass is 19.4. The Labute approximate surface area is 167 Å². The number of benzene rings is 3. The molecular weight excluding hydrogens is 403 g/mol. The van der Waals surface area contributed by atoms with Crippen molar-refractivity contribution in [3.8, 4) is 0 Å². The third-order valence-corrected chi connectivity index (χ3v) is 4.11. The van der Waals surface area contributed by atoms with Crippen molar-refractivity contribution in [3.05, 3.63) is 110 Å². The first kappa shape index (κ1) is 20.6. The summed E-state index contributed by atoms with van der Waals surface area (Å²) < 4.78 is 39.4. The fourth-order valence-corrected chi connectivity index (χ4v) is 2.76. The molecule has 30 heavy (non-hydrogen) atoms. The number of hydrogen-bond acceptors (Lipinski definition) is 5. The van der Waals surface area contributed by atoms with Crippen molar-refractivity contribution in [3.63, 3.8) is 0 Å². The summed E-state index contributed by atoms with van der Waals surface area (Å²) in [5, 5.41) is 23.0. The Balaban J connectivity index is 2.37. The quantitative estimate of drug-likeness (QED) is 0.304. The molecule has 3 rings (SSSR count). The second-order valence-electron chi connectivity index (χ2n) is 6.07. The average molecular weight is 415 g/mol. The molecule has 0 radical (unpaired) electrons. The van der Waals surface area contributed by atoms with Gasteiger partial charge in [-0.25, -0.2) is 4.99 Å². The molecule has 0 saturated heterocycles. The highest BCUT2D eigenvalue weighted by molar-refractivity contribution is 6.14. The molecule has 0 fully saturated rings. The van der Waals surface area contributed by atoms with Crippen LogP contribution in [0.5, 0.6) is 0 Å². The predicted molar refractivity (Wildman–Crippen MR) is 103 cm³/mol. The summed E-state index contributed by atoms with van der Waals surface area (Å²) in [5.74, 6) is 0. The van der Waals surface area contributed by atoms with Gasteiger partial charge in [0.05, 0.1) is 21.1 Å². The zero-order chi connectivity index (χ0) is 21.9. The van der Waals surface area contributed by atoms with E-state index in [0.29, 0.717) is 11.1 Å². The van der Waals surface area contributed by atoms with Crippen LogP contribution in [0.2, 0.25) is 0 Å². The summed E-state index contributed by atoms with van der Waals surface area (Å²) in [6.45, 7) is 0. The van der Waals surface area contributed by atoms with Gasteiger partial charge in [0.15, 0.2) is 0 Å². The first-order valence-electron chi connectivity index (χ1n) is 8.42. The molecule has 0 aromatic heterocycles. The van der Waals surface area contributed by atoms with E-state index in [1.54, 1.807) is 60.7 Å². The molecule has 0 aliphatic heterocycles. The number of aliphatic imine (C=N–C) groups is 1. The monoisotopic (exact) mass is 415 g/mol. The molecule has 0 aliphatic carbocycles. The predicted octanol–water partition coefficient (Wildman–Crippen LogP) is 5.69. The summed E-state index contributed by atoms with van der Waals surface area (Å²) >= 11 is 0. The maximum atomic E-state index is 13.1. The Morgan fingerprint density at radius 2 is 1.17 bits per heavy atom. The Kier molecular flexibility index (Phi) is 5.58. The van der Waals surface area contributed by atoms with Crippen LogP contribution in [0.15, 0.2) is 77.8 Å². The van der Waals surface area contributed by atoms with Crippen LogP contribution in [-0.4, -0.2) is 15.6 Å². The molecule has 0 unspecified atom stereocenters. The molecule has 0 N–H and O–H groups in total. The number of rotatable bonds is 5. The molecule has 0 bridgehead atoms. The fourth-order valence-electron chi connectivity index (χ4n) is 2.76. The highest BCUT2D eigenvalue weighted by Gasteiger charge is 2.37. The van der Waals surface area contributed by atoms with Gasteiger partial charge in [-0.2, -0.15) is 13.2 Å². The summed E-state index contributed by atoms with van der Waals surface area (Å²) in [7, 11) is 0. The number of halogens is 3. The fraction of sp³-hybridized carbons (Fsp3) is 0.0500. The van der Waals surface area contributed by atoms with Crippen LogP contribution in [0.3, 0.4) is 0 Å². The second-order valence-corrected chi connectivity index (χ2v) is 6.07. The van der Waals surface area contributed by atoms with Crippen LogP contribution in [0.1, 0.15) is 16.7 Å². The van der Waals surface area contributed by atoms with E-state index in [0.717, 1.165) is 0 Å². The lowest BCUT2D eigenvalue weighted by Gasteiger charge is -2.10. The summed E-state index contributed by atoms with van der Waals surface area (Å²) in [6, 6.07) is 17.1. The van der Waals surface area contributed by atoms with Gasteiger partial charge in [0, 0.05) is 23.3 Å². The van der Waals surface area contributed by atoms with Crippen LogP contribution >= 0.6 is 0 Å². The largest absolute Gasteiger partial charge is 0.416 e. The molecule has 10 heteroatoms. The van der Waals surface area contributed by atoms with Crippen molar-refractivity contribution in [2.75, 3.05) is 0 Å². The second kappa shape index (κ2) is 8.11. The Morgan fingerprint density at radius 3 is 1.50 bits per heavy atom. The van der Waals surface area contributed by atoms with Crippen molar-refractivity contribution < 1.29 is 23.0 Å². The number of nitro benzene ring substituents is 2. The van der Waals surface area contributed by atoms with Crippen LogP contribution in [-0.2, 0) is 6.18 Å². The molecular formula is C20H12F3N3O4. The van der Waals surface area contributed by atoms with Gasteiger partial charge in [0.1, 0.15) is 0 Å². The van der Waals surface area contributed by atoms with E-state index in [-0.39, 0.29) is 17.8 Å². The first-order chi connectivity index (χ1) is 14.2. The van der Waals surface area contributed by atoms with Gasteiger partial charge in [-0.15, -0.1) is 0 Å². The molecule has 3 aromatic carbocycles. The molecule has 152 valence electrons. The van der Waals surface area contributed by atoms with Crippen molar-refractivity contribution >= 4 is 22.8 Å².